The lowest BCUT2D eigenvalue weighted by atomic mass is 9.92. The van der Waals surface area contributed by atoms with Gasteiger partial charge in [0.25, 0.3) is 0 Å². The van der Waals surface area contributed by atoms with Crippen LogP contribution in [0.15, 0.2) is 42.5 Å². The third-order valence-electron chi connectivity index (χ3n) is 6.27. The average Bonchev–Trinajstić information content (AvgIpc) is 2.76. The SMILES string of the molecule is Cc1ccccc1[C@H]1CCCCN1C(=O)N(C)[C@H](C)c1cc(C(F)(F)F)cc(C(F)(F)F)c1. The first-order valence-electron chi connectivity index (χ1n) is 10.7. The second-order valence-corrected chi connectivity index (χ2v) is 8.47. The van der Waals surface area contributed by atoms with E-state index in [0.717, 1.165) is 30.4 Å². The fourth-order valence-corrected chi connectivity index (χ4v) is 4.26. The van der Waals surface area contributed by atoms with Gasteiger partial charge < -0.3 is 9.80 Å². The van der Waals surface area contributed by atoms with Crippen molar-refractivity contribution in [1.82, 2.24) is 9.80 Å². The maximum Gasteiger partial charge on any atom is 0.416 e. The van der Waals surface area contributed by atoms with E-state index in [-0.39, 0.29) is 17.7 Å². The van der Waals surface area contributed by atoms with Crippen molar-refractivity contribution in [2.24, 2.45) is 0 Å². The first-order chi connectivity index (χ1) is 15.3. The van der Waals surface area contributed by atoms with E-state index in [2.05, 4.69) is 0 Å². The average molecular weight is 472 g/mol. The highest BCUT2D eigenvalue weighted by molar-refractivity contribution is 5.75. The molecule has 0 radical (unpaired) electrons. The molecule has 2 aromatic carbocycles. The van der Waals surface area contributed by atoms with E-state index in [1.165, 1.54) is 18.9 Å². The van der Waals surface area contributed by atoms with E-state index in [9.17, 15) is 31.1 Å². The van der Waals surface area contributed by atoms with E-state index in [1.807, 2.05) is 31.2 Å². The van der Waals surface area contributed by atoms with Crippen molar-refractivity contribution >= 4 is 6.03 Å². The highest BCUT2D eigenvalue weighted by Crippen LogP contribution is 2.39. The summed E-state index contributed by atoms with van der Waals surface area (Å²) >= 11 is 0. The summed E-state index contributed by atoms with van der Waals surface area (Å²) in [6.07, 6.45) is -7.45. The molecule has 1 fully saturated rings. The minimum Gasteiger partial charge on any atom is -0.321 e. The number of piperidine rings is 1. The zero-order chi connectivity index (χ0) is 24.6. The van der Waals surface area contributed by atoms with Crippen LogP contribution in [-0.4, -0.2) is 29.4 Å². The van der Waals surface area contributed by atoms with Crippen LogP contribution >= 0.6 is 0 Å². The minimum absolute atomic E-state index is 0.0941. The van der Waals surface area contributed by atoms with E-state index in [0.29, 0.717) is 18.7 Å². The second-order valence-electron chi connectivity index (χ2n) is 8.47. The van der Waals surface area contributed by atoms with Crippen molar-refractivity contribution < 1.29 is 31.1 Å². The van der Waals surface area contributed by atoms with Gasteiger partial charge in [0.2, 0.25) is 0 Å². The lowest BCUT2D eigenvalue weighted by molar-refractivity contribution is -0.143. The minimum atomic E-state index is -4.94. The third kappa shape index (κ3) is 5.45. The van der Waals surface area contributed by atoms with Gasteiger partial charge in [0.05, 0.1) is 23.2 Å². The van der Waals surface area contributed by atoms with Crippen LogP contribution in [0.1, 0.15) is 66.1 Å². The molecule has 1 aliphatic heterocycles. The number of urea groups is 1. The molecule has 0 bridgehead atoms. The van der Waals surface area contributed by atoms with E-state index >= 15 is 0 Å². The molecule has 2 aromatic rings. The summed E-state index contributed by atoms with van der Waals surface area (Å²) in [5.41, 5.74) is -1.00. The molecule has 3 rings (SSSR count). The normalized spacial score (nSPS) is 18.2. The van der Waals surface area contributed by atoms with Gasteiger partial charge in [-0.3, -0.25) is 0 Å². The summed E-state index contributed by atoms with van der Waals surface area (Å²) in [6.45, 7) is 3.84. The van der Waals surface area contributed by atoms with Gasteiger partial charge in [-0.05, 0) is 68.0 Å². The number of rotatable bonds is 3. The van der Waals surface area contributed by atoms with Crippen molar-refractivity contribution in [3.05, 3.63) is 70.3 Å². The molecule has 9 heteroatoms. The van der Waals surface area contributed by atoms with Crippen molar-refractivity contribution in [3.8, 4) is 0 Å². The van der Waals surface area contributed by atoms with Crippen LogP contribution < -0.4 is 0 Å². The smallest absolute Gasteiger partial charge is 0.321 e. The Bertz CT molecular complexity index is 969. The number of benzene rings is 2. The highest BCUT2D eigenvalue weighted by Gasteiger charge is 2.38. The molecule has 3 nitrogen and oxygen atoms in total. The maximum absolute atomic E-state index is 13.4. The number of carbonyl (C=O) groups is 1. The number of amides is 2. The number of alkyl halides is 6. The Balaban J connectivity index is 1.93. The number of aryl methyl sites for hydroxylation is 1. The Morgan fingerprint density at radius 2 is 1.58 bits per heavy atom. The van der Waals surface area contributed by atoms with Crippen molar-refractivity contribution in [2.45, 2.75) is 57.5 Å². The molecule has 1 heterocycles. The van der Waals surface area contributed by atoms with Gasteiger partial charge in [-0.15, -0.1) is 0 Å². The lowest BCUT2D eigenvalue weighted by Gasteiger charge is -2.40. The van der Waals surface area contributed by atoms with Crippen LogP contribution in [0.3, 0.4) is 0 Å². The molecule has 180 valence electrons. The van der Waals surface area contributed by atoms with Gasteiger partial charge in [0, 0.05) is 13.6 Å². The molecular formula is C24H26F6N2O. The predicted octanol–water partition coefficient (Wildman–Crippen LogP) is 7.37. The van der Waals surface area contributed by atoms with Crippen molar-refractivity contribution in [3.63, 3.8) is 0 Å². The molecule has 0 aromatic heterocycles. The zero-order valence-corrected chi connectivity index (χ0v) is 18.6. The molecule has 0 unspecified atom stereocenters. The highest BCUT2D eigenvalue weighted by atomic mass is 19.4. The van der Waals surface area contributed by atoms with Crippen LogP contribution in [0.2, 0.25) is 0 Å². The summed E-state index contributed by atoms with van der Waals surface area (Å²) in [6, 6.07) is 7.49. The Morgan fingerprint density at radius 3 is 2.12 bits per heavy atom. The lowest BCUT2D eigenvalue weighted by Crippen LogP contribution is -2.46. The third-order valence-corrected chi connectivity index (χ3v) is 6.27. The number of likely N-dealkylation sites (tertiary alicyclic amines) is 1. The maximum atomic E-state index is 13.4. The summed E-state index contributed by atoms with van der Waals surface area (Å²) < 4.78 is 79.6. The summed E-state index contributed by atoms with van der Waals surface area (Å²) in [5, 5.41) is 0. The molecule has 1 saturated heterocycles. The quantitative estimate of drug-likeness (QED) is 0.428. The fraction of sp³-hybridized carbons (Fsp3) is 0.458. The van der Waals surface area contributed by atoms with Crippen LogP contribution in [0.5, 0.6) is 0 Å². The molecule has 0 saturated carbocycles. The summed E-state index contributed by atoms with van der Waals surface area (Å²) in [7, 11) is 1.41. The zero-order valence-electron chi connectivity index (χ0n) is 18.6. The van der Waals surface area contributed by atoms with E-state index < -0.39 is 35.6 Å². The largest absolute Gasteiger partial charge is 0.416 e. The van der Waals surface area contributed by atoms with Gasteiger partial charge in [0.1, 0.15) is 0 Å². The molecular weight excluding hydrogens is 446 g/mol. The Morgan fingerprint density at radius 1 is 1.00 bits per heavy atom. The second kappa shape index (κ2) is 9.27. The summed E-state index contributed by atoms with van der Waals surface area (Å²) in [4.78, 5) is 16.3. The van der Waals surface area contributed by atoms with Crippen molar-refractivity contribution in [2.75, 3.05) is 13.6 Å². The van der Waals surface area contributed by atoms with E-state index in [1.54, 1.807) is 4.90 Å². The molecule has 33 heavy (non-hydrogen) atoms. The molecule has 2 amide bonds. The van der Waals surface area contributed by atoms with Crippen LogP contribution in [0.4, 0.5) is 31.1 Å². The fourth-order valence-electron chi connectivity index (χ4n) is 4.26. The van der Waals surface area contributed by atoms with Crippen molar-refractivity contribution in [1.29, 1.82) is 0 Å². The van der Waals surface area contributed by atoms with Gasteiger partial charge in [0.15, 0.2) is 0 Å². The Labute approximate surface area is 189 Å². The summed E-state index contributed by atoms with van der Waals surface area (Å²) in [5.74, 6) is 0. The van der Waals surface area contributed by atoms with Gasteiger partial charge >= 0.3 is 18.4 Å². The number of carbonyl (C=O) groups excluding carboxylic acids is 1. The molecule has 0 spiro atoms. The number of nitrogens with zero attached hydrogens (tertiary/aromatic N) is 2. The van der Waals surface area contributed by atoms with E-state index in [4.69, 9.17) is 0 Å². The first-order valence-corrected chi connectivity index (χ1v) is 10.7. The topological polar surface area (TPSA) is 23.6 Å². The number of hydrogen-bond donors (Lipinski definition) is 0. The Kier molecular flexibility index (Phi) is 7.00. The van der Waals surface area contributed by atoms with Gasteiger partial charge in [-0.2, -0.15) is 26.3 Å². The van der Waals surface area contributed by atoms with Gasteiger partial charge in [-0.1, -0.05) is 24.3 Å². The molecule has 0 aliphatic carbocycles. The number of hydrogen-bond acceptors (Lipinski definition) is 1. The van der Waals surface area contributed by atoms with Crippen LogP contribution in [0.25, 0.3) is 0 Å². The molecule has 2 atom stereocenters. The van der Waals surface area contributed by atoms with Crippen LogP contribution in [0, 0.1) is 6.92 Å². The van der Waals surface area contributed by atoms with Crippen LogP contribution in [-0.2, 0) is 12.4 Å². The molecule has 0 N–H and O–H groups in total. The first kappa shape index (κ1) is 24.9. The predicted molar refractivity (Wildman–Crippen MR) is 112 cm³/mol. The Hall–Kier alpha value is -2.71. The van der Waals surface area contributed by atoms with Gasteiger partial charge in [-0.25, -0.2) is 4.79 Å². The standard InChI is InChI=1S/C24H26F6N2O/c1-15-8-4-5-9-20(15)21-10-6-7-11-32(21)22(33)31(3)16(2)17-12-18(23(25,26)27)14-19(13-17)24(28,29)30/h4-5,8-9,12-14,16,21H,6-7,10-11H2,1-3H3/t16-,21-/m1/s1. The molecule has 1 aliphatic rings. The monoisotopic (exact) mass is 472 g/mol. The number of halogens is 6.